The second-order valence-electron chi connectivity index (χ2n) is 27.2. The zero-order chi connectivity index (χ0) is 67.4. The molecule has 0 aliphatic carbocycles. The first-order valence-corrected chi connectivity index (χ1v) is 36.0. The summed E-state index contributed by atoms with van der Waals surface area (Å²) >= 11 is 0. The van der Waals surface area contributed by atoms with Crippen molar-refractivity contribution in [2.24, 2.45) is 35.5 Å². The van der Waals surface area contributed by atoms with Crippen molar-refractivity contribution in [2.75, 3.05) is 19.8 Å². The van der Waals surface area contributed by atoms with Crippen LogP contribution < -0.4 is 28.4 Å². The molecule has 0 aliphatic heterocycles. The van der Waals surface area contributed by atoms with E-state index in [0.29, 0.717) is 54.3 Å². The molecule has 0 N–H and O–H groups in total. The molecule has 0 fully saturated rings. The van der Waals surface area contributed by atoms with Gasteiger partial charge in [-0.1, -0.05) is 271 Å². The Bertz CT molecular complexity index is 2870. The quantitative estimate of drug-likeness (QED) is 0.0210. The van der Waals surface area contributed by atoms with Gasteiger partial charge in [-0.05, 0) is 161 Å². The summed E-state index contributed by atoms with van der Waals surface area (Å²) < 4.78 is 34.0. The molecule has 0 spiro atoms. The van der Waals surface area contributed by atoms with Crippen LogP contribution in [0, 0.1) is 35.5 Å². The van der Waals surface area contributed by atoms with Crippen LogP contribution >= 0.6 is 0 Å². The third kappa shape index (κ3) is 35.8. The van der Waals surface area contributed by atoms with Crippen molar-refractivity contribution < 1.29 is 42.8 Å². The Morgan fingerprint density at radius 1 is 0.258 bits per heavy atom. The van der Waals surface area contributed by atoms with Crippen LogP contribution in [0.5, 0.6) is 34.5 Å². The number of ether oxygens (including phenoxy) is 6. The highest BCUT2D eigenvalue weighted by Gasteiger charge is 2.16. The lowest BCUT2D eigenvalue weighted by Crippen LogP contribution is -2.12. The van der Waals surface area contributed by atoms with Crippen molar-refractivity contribution in [1.82, 2.24) is 0 Å². The first kappa shape index (κ1) is 78.6. The Balaban J connectivity index is 0.000000297. The predicted octanol–water partition coefficient (Wildman–Crippen LogP) is 24.2. The van der Waals surface area contributed by atoms with Crippen molar-refractivity contribution in [1.29, 1.82) is 0 Å². The normalized spacial score (nSPS) is 12.0. The summed E-state index contributed by atoms with van der Waals surface area (Å²) in [6, 6.07) is 47.7. The molecule has 510 valence electrons. The molecule has 0 saturated heterocycles. The van der Waals surface area contributed by atoms with Crippen molar-refractivity contribution in [3.63, 3.8) is 0 Å². The molecule has 93 heavy (non-hydrogen) atoms. The smallest absolute Gasteiger partial charge is 0.311 e. The molecular formula is C84H120O9. The van der Waals surface area contributed by atoms with E-state index in [2.05, 4.69) is 119 Å². The Kier molecular flexibility index (Phi) is 39.8. The Hall–Kier alpha value is -6.87. The highest BCUT2D eigenvalue weighted by atomic mass is 16.5. The Morgan fingerprint density at radius 3 is 0.699 bits per heavy atom. The average molecular weight is 1270 g/mol. The minimum Gasteiger partial charge on any atom is -0.494 e. The fourth-order valence-electron chi connectivity index (χ4n) is 10.8. The maximum atomic E-state index is 12.2. The van der Waals surface area contributed by atoms with E-state index in [1.807, 2.05) is 109 Å². The number of hydrogen-bond acceptors (Lipinski definition) is 9. The molecule has 0 bridgehead atoms. The van der Waals surface area contributed by atoms with Gasteiger partial charge in [-0.3, -0.25) is 14.4 Å². The number of carbonyl (C=O) groups is 3. The zero-order valence-electron chi connectivity index (χ0n) is 59.6. The average Bonchev–Trinajstić information content (AvgIpc) is 1.35. The fraction of sp³-hybridized carbons (Fsp3) is 0.536. The number of rotatable bonds is 42. The highest BCUT2D eigenvalue weighted by Crippen LogP contribution is 2.30. The van der Waals surface area contributed by atoms with Crippen LogP contribution in [0.3, 0.4) is 0 Å². The van der Waals surface area contributed by atoms with Gasteiger partial charge in [0.2, 0.25) is 0 Å². The molecule has 3 atom stereocenters. The summed E-state index contributed by atoms with van der Waals surface area (Å²) in [5.41, 5.74) is 6.64. The van der Waals surface area contributed by atoms with Gasteiger partial charge in [-0.2, -0.15) is 0 Å². The van der Waals surface area contributed by atoms with Crippen LogP contribution in [-0.2, 0) is 14.4 Å². The number of hydrogen-bond donors (Lipinski definition) is 0. The summed E-state index contributed by atoms with van der Waals surface area (Å²) in [5.74, 6) is 7.34. The van der Waals surface area contributed by atoms with Gasteiger partial charge in [0.1, 0.15) is 34.5 Å². The van der Waals surface area contributed by atoms with Crippen molar-refractivity contribution in [3.8, 4) is 67.9 Å². The molecular weight excluding hydrogens is 1150 g/mol. The third-order valence-electron chi connectivity index (χ3n) is 16.6. The molecule has 0 saturated carbocycles. The van der Waals surface area contributed by atoms with Crippen LogP contribution in [0.25, 0.3) is 33.4 Å². The molecule has 0 heterocycles. The van der Waals surface area contributed by atoms with Crippen molar-refractivity contribution in [3.05, 3.63) is 146 Å². The van der Waals surface area contributed by atoms with Gasteiger partial charge in [-0.15, -0.1) is 0 Å². The molecule has 9 nitrogen and oxygen atoms in total. The van der Waals surface area contributed by atoms with Gasteiger partial charge in [0.15, 0.2) is 0 Å². The fourth-order valence-corrected chi connectivity index (χ4v) is 10.8. The van der Waals surface area contributed by atoms with Crippen molar-refractivity contribution in [2.45, 2.75) is 237 Å². The van der Waals surface area contributed by atoms with Gasteiger partial charge in [0, 0.05) is 19.3 Å². The molecule has 6 rings (SSSR count). The van der Waals surface area contributed by atoms with E-state index >= 15 is 0 Å². The van der Waals surface area contributed by atoms with E-state index in [9.17, 15) is 14.4 Å². The maximum absolute atomic E-state index is 12.2. The zero-order valence-corrected chi connectivity index (χ0v) is 59.6. The molecule has 0 aromatic heterocycles. The summed E-state index contributed by atoms with van der Waals surface area (Å²) in [7, 11) is 0. The summed E-state index contributed by atoms with van der Waals surface area (Å²) in [6.07, 6.45) is 26.3. The number of benzene rings is 6. The van der Waals surface area contributed by atoms with Crippen LogP contribution in [0.2, 0.25) is 0 Å². The number of unbranched alkanes of at least 4 members (excludes halogenated alkanes) is 9. The molecule has 0 unspecified atom stereocenters. The topological polar surface area (TPSA) is 107 Å². The highest BCUT2D eigenvalue weighted by molar-refractivity contribution is 5.75. The van der Waals surface area contributed by atoms with Gasteiger partial charge >= 0.3 is 17.9 Å². The number of esters is 3. The molecule has 6 aromatic rings. The Morgan fingerprint density at radius 2 is 0.462 bits per heavy atom. The standard InChI is InChI=1S/C29H42O3.C28H40O3.C27H38O3/c1-5-6-7-8-9-21-31-27-17-13-25(14-18-27)26-15-19-28(20-16-26)32-29(30)22-24(4)12-10-11-23(2)3;1-5-6-7-8-20-30-26-16-12-24(13-17-26)25-14-18-27(19-15-25)31-28(29)21-23(4)11-9-10-22(2)3;1-5-6-7-19-29-25-15-11-23(12-16-25)24-13-17-26(18-14-24)30-27(28)20-22(4)10-8-9-21(2)3/h13-20,23-24H,5-12,21-22H2,1-4H3;12-19,22-23H,5-11,20-21H2,1-4H3;11-18,21-22H,5-10,19-20H2,1-4H3/t24-;23-;22-/m000/s1. The van der Waals surface area contributed by atoms with E-state index in [0.717, 1.165) is 127 Å². The molecule has 9 heteroatoms. The molecule has 0 amide bonds. The lowest BCUT2D eigenvalue weighted by atomic mass is 9.97. The maximum Gasteiger partial charge on any atom is 0.311 e. The molecule has 6 aromatic carbocycles. The predicted molar refractivity (Wildman–Crippen MR) is 389 cm³/mol. The van der Waals surface area contributed by atoms with Gasteiger partial charge < -0.3 is 28.4 Å². The first-order chi connectivity index (χ1) is 44.9. The minimum atomic E-state index is -0.149. The molecule has 0 aliphatic rings. The molecule has 0 radical (unpaired) electrons. The van der Waals surface area contributed by atoms with Crippen LogP contribution in [0.1, 0.15) is 237 Å². The summed E-state index contributed by atoms with van der Waals surface area (Å²) in [5, 5.41) is 0. The van der Waals surface area contributed by atoms with Crippen molar-refractivity contribution >= 4 is 17.9 Å². The number of carbonyl (C=O) groups excluding carboxylic acids is 3. The second-order valence-corrected chi connectivity index (χ2v) is 27.2. The van der Waals surface area contributed by atoms with Crippen LogP contribution in [-0.4, -0.2) is 37.7 Å². The van der Waals surface area contributed by atoms with Gasteiger partial charge in [0.05, 0.1) is 19.8 Å². The van der Waals surface area contributed by atoms with Gasteiger partial charge in [-0.25, -0.2) is 0 Å². The largest absolute Gasteiger partial charge is 0.494 e. The lowest BCUT2D eigenvalue weighted by Gasteiger charge is -2.12. The first-order valence-electron chi connectivity index (χ1n) is 36.0. The second kappa shape index (κ2) is 47.1. The lowest BCUT2D eigenvalue weighted by molar-refractivity contribution is -0.136. The van der Waals surface area contributed by atoms with Crippen LogP contribution in [0.4, 0.5) is 0 Å². The van der Waals surface area contributed by atoms with E-state index in [1.165, 1.54) is 96.3 Å². The van der Waals surface area contributed by atoms with Crippen LogP contribution in [0.15, 0.2) is 146 Å². The van der Waals surface area contributed by atoms with E-state index in [4.69, 9.17) is 28.4 Å². The van der Waals surface area contributed by atoms with E-state index in [-0.39, 0.29) is 17.9 Å². The summed E-state index contributed by atoms with van der Waals surface area (Å²) in [4.78, 5) is 36.7. The van der Waals surface area contributed by atoms with Gasteiger partial charge in [0.25, 0.3) is 0 Å². The Labute approximate surface area is 563 Å². The van der Waals surface area contributed by atoms with E-state index in [1.54, 1.807) is 0 Å². The van der Waals surface area contributed by atoms with E-state index < -0.39 is 0 Å². The minimum absolute atomic E-state index is 0.147. The monoisotopic (exact) mass is 1270 g/mol. The SMILES string of the molecule is CCCCCCCOc1ccc(-c2ccc(OC(=O)C[C@@H](C)CCCC(C)C)cc2)cc1.CCCCCCOc1ccc(-c2ccc(OC(=O)C[C@@H](C)CCCC(C)C)cc2)cc1.CCCCCOc1ccc(-c2ccc(OC(=O)C[C@@H](C)CCCC(C)C)cc2)cc1. The third-order valence-corrected chi connectivity index (χ3v) is 16.6. The summed E-state index contributed by atoms with van der Waals surface area (Å²) in [6.45, 7) is 28.8.